The number of hydrogen-bond acceptors (Lipinski definition) is 2. The lowest BCUT2D eigenvalue weighted by Crippen LogP contribution is -2.15. The highest BCUT2D eigenvalue weighted by Gasteiger charge is 2.26. The van der Waals surface area contributed by atoms with Gasteiger partial charge < -0.3 is 9.84 Å². The molecule has 1 fully saturated rings. The van der Waals surface area contributed by atoms with Gasteiger partial charge in [0.1, 0.15) is 6.67 Å². The highest BCUT2D eigenvalue weighted by molar-refractivity contribution is 5.67. The number of carboxylic acid groups (broad SMARTS) is 1. The van der Waals surface area contributed by atoms with Crippen LogP contribution in [0, 0.1) is 0 Å². The van der Waals surface area contributed by atoms with Crippen molar-refractivity contribution < 1.29 is 19.0 Å². The number of ether oxygens (including phenoxy) is 1. The quantitative estimate of drug-likeness (QED) is 0.672. The molecule has 1 aliphatic heterocycles. The predicted molar refractivity (Wildman–Crippen MR) is 36.1 cm³/mol. The van der Waals surface area contributed by atoms with Gasteiger partial charge in [-0.25, -0.2) is 4.39 Å². The topological polar surface area (TPSA) is 46.5 Å². The summed E-state index contributed by atoms with van der Waals surface area (Å²) in [4.78, 5) is 10.2. The lowest BCUT2D eigenvalue weighted by molar-refractivity contribution is -0.140. The monoisotopic (exact) mass is 162 g/mol. The van der Waals surface area contributed by atoms with Gasteiger partial charge in [-0.2, -0.15) is 0 Å². The fourth-order valence-corrected chi connectivity index (χ4v) is 1.24. The van der Waals surface area contributed by atoms with Crippen molar-refractivity contribution in [2.45, 2.75) is 31.5 Å². The van der Waals surface area contributed by atoms with Gasteiger partial charge in [-0.1, -0.05) is 0 Å². The second kappa shape index (κ2) is 3.67. The summed E-state index contributed by atoms with van der Waals surface area (Å²) >= 11 is 0. The Kier molecular flexibility index (Phi) is 2.82. The van der Waals surface area contributed by atoms with Crippen LogP contribution in [0.25, 0.3) is 0 Å². The molecule has 0 bridgehead atoms. The highest BCUT2D eigenvalue weighted by Crippen LogP contribution is 2.21. The van der Waals surface area contributed by atoms with Gasteiger partial charge in [0, 0.05) is 0 Å². The zero-order chi connectivity index (χ0) is 8.27. The smallest absolute Gasteiger partial charge is 0.305 e. The summed E-state index contributed by atoms with van der Waals surface area (Å²) in [6.07, 6.45) is 0.679. The van der Waals surface area contributed by atoms with Crippen LogP contribution in [-0.2, 0) is 9.53 Å². The van der Waals surface area contributed by atoms with Crippen molar-refractivity contribution in [3.8, 4) is 0 Å². The molecule has 0 radical (unpaired) electrons. The molecule has 64 valence electrons. The summed E-state index contributed by atoms with van der Waals surface area (Å²) in [7, 11) is 0. The summed E-state index contributed by atoms with van der Waals surface area (Å²) in [5.41, 5.74) is 0. The molecule has 0 spiro atoms. The minimum absolute atomic E-state index is 0.00347. The zero-order valence-electron chi connectivity index (χ0n) is 6.12. The average molecular weight is 162 g/mol. The van der Waals surface area contributed by atoms with Crippen molar-refractivity contribution in [2.75, 3.05) is 6.67 Å². The molecule has 0 aliphatic carbocycles. The Labute approximate surface area is 64.2 Å². The molecule has 0 amide bonds. The summed E-state index contributed by atoms with van der Waals surface area (Å²) in [6, 6.07) is 0. The third-order valence-electron chi connectivity index (χ3n) is 1.77. The summed E-state index contributed by atoms with van der Waals surface area (Å²) in [5, 5.41) is 8.36. The van der Waals surface area contributed by atoms with Crippen LogP contribution in [0.3, 0.4) is 0 Å². The normalized spacial score (nSPS) is 30.6. The Hall–Kier alpha value is -0.640. The number of hydrogen-bond donors (Lipinski definition) is 1. The molecular weight excluding hydrogens is 151 g/mol. The fraction of sp³-hybridized carbons (Fsp3) is 0.857. The van der Waals surface area contributed by atoms with Crippen LogP contribution in [0.1, 0.15) is 19.3 Å². The van der Waals surface area contributed by atoms with Gasteiger partial charge in [0.25, 0.3) is 0 Å². The molecule has 4 heteroatoms. The third-order valence-corrected chi connectivity index (χ3v) is 1.77. The first-order chi connectivity index (χ1) is 5.22. The largest absolute Gasteiger partial charge is 0.481 e. The number of rotatable bonds is 3. The summed E-state index contributed by atoms with van der Waals surface area (Å²) < 4.78 is 17.0. The lowest BCUT2D eigenvalue weighted by Gasteiger charge is -2.07. The van der Waals surface area contributed by atoms with Gasteiger partial charge in [0.15, 0.2) is 0 Å². The van der Waals surface area contributed by atoms with E-state index >= 15 is 0 Å². The predicted octanol–water partition coefficient (Wildman–Crippen LogP) is 0.978. The van der Waals surface area contributed by atoms with Gasteiger partial charge in [-0.05, 0) is 12.8 Å². The number of halogens is 1. The van der Waals surface area contributed by atoms with Crippen LogP contribution in [0.5, 0.6) is 0 Å². The van der Waals surface area contributed by atoms with Gasteiger partial charge in [0.05, 0.1) is 18.6 Å². The number of aliphatic carboxylic acids is 1. The van der Waals surface area contributed by atoms with Crippen LogP contribution in [0.2, 0.25) is 0 Å². The van der Waals surface area contributed by atoms with Crippen LogP contribution in [0.15, 0.2) is 0 Å². The maximum absolute atomic E-state index is 11.9. The van der Waals surface area contributed by atoms with Crippen molar-refractivity contribution in [2.24, 2.45) is 0 Å². The molecule has 0 saturated carbocycles. The Morgan fingerprint density at radius 2 is 2.18 bits per heavy atom. The van der Waals surface area contributed by atoms with Crippen molar-refractivity contribution >= 4 is 5.97 Å². The van der Waals surface area contributed by atoms with E-state index < -0.39 is 12.6 Å². The van der Waals surface area contributed by atoms with Gasteiger partial charge >= 0.3 is 5.97 Å². The van der Waals surface area contributed by atoms with Crippen molar-refractivity contribution in [3.63, 3.8) is 0 Å². The van der Waals surface area contributed by atoms with Crippen LogP contribution in [0.4, 0.5) is 4.39 Å². The SMILES string of the molecule is O=C(O)CC1CCC(CF)O1. The van der Waals surface area contributed by atoms with Crippen molar-refractivity contribution in [3.05, 3.63) is 0 Å². The standard InChI is InChI=1S/C7H11FO3/c8-4-6-2-1-5(11-6)3-7(9)10/h5-6H,1-4H2,(H,9,10). The first-order valence-electron chi connectivity index (χ1n) is 3.65. The molecule has 2 unspecified atom stereocenters. The van der Waals surface area contributed by atoms with E-state index in [-0.39, 0.29) is 18.6 Å². The molecule has 11 heavy (non-hydrogen) atoms. The van der Waals surface area contributed by atoms with E-state index in [9.17, 15) is 9.18 Å². The molecule has 0 aromatic heterocycles. The second-order valence-corrected chi connectivity index (χ2v) is 2.71. The van der Waals surface area contributed by atoms with E-state index in [1.165, 1.54) is 0 Å². The molecular formula is C7H11FO3. The van der Waals surface area contributed by atoms with Crippen molar-refractivity contribution in [1.82, 2.24) is 0 Å². The number of carbonyl (C=O) groups is 1. The van der Waals surface area contributed by atoms with Crippen LogP contribution >= 0.6 is 0 Å². The minimum Gasteiger partial charge on any atom is -0.481 e. The van der Waals surface area contributed by atoms with E-state index in [1.807, 2.05) is 0 Å². The van der Waals surface area contributed by atoms with Crippen LogP contribution in [-0.4, -0.2) is 30.0 Å². The molecule has 1 rings (SSSR count). The van der Waals surface area contributed by atoms with E-state index in [4.69, 9.17) is 9.84 Å². The molecule has 1 saturated heterocycles. The summed E-state index contributed by atoms with van der Waals surface area (Å²) in [6.45, 7) is -0.504. The van der Waals surface area contributed by atoms with Crippen LogP contribution < -0.4 is 0 Å². The van der Waals surface area contributed by atoms with E-state index in [2.05, 4.69) is 0 Å². The maximum atomic E-state index is 11.9. The Bertz CT molecular complexity index is 149. The molecule has 1 N–H and O–H groups in total. The first-order valence-corrected chi connectivity index (χ1v) is 3.65. The number of alkyl halides is 1. The molecule has 1 aliphatic rings. The molecule has 1 heterocycles. The lowest BCUT2D eigenvalue weighted by atomic mass is 10.1. The third kappa shape index (κ3) is 2.46. The Morgan fingerprint density at radius 1 is 1.55 bits per heavy atom. The van der Waals surface area contributed by atoms with E-state index in [0.717, 1.165) is 0 Å². The molecule has 3 nitrogen and oxygen atoms in total. The Balaban J connectivity index is 2.24. The molecule has 0 aromatic rings. The highest BCUT2D eigenvalue weighted by atomic mass is 19.1. The first kappa shape index (κ1) is 8.46. The van der Waals surface area contributed by atoms with Gasteiger partial charge in [0.2, 0.25) is 0 Å². The minimum atomic E-state index is -0.880. The zero-order valence-corrected chi connectivity index (χ0v) is 6.12. The maximum Gasteiger partial charge on any atom is 0.305 e. The van der Waals surface area contributed by atoms with E-state index in [0.29, 0.717) is 12.8 Å². The van der Waals surface area contributed by atoms with Crippen molar-refractivity contribution in [1.29, 1.82) is 0 Å². The second-order valence-electron chi connectivity index (χ2n) is 2.71. The molecule has 0 aromatic carbocycles. The van der Waals surface area contributed by atoms with Gasteiger partial charge in [-0.15, -0.1) is 0 Å². The molecule has 2 atom stereocenters. The Morgan fingerprint density at radius 3 is 2.64 bits per heavy atom. The number of carboxylic acids is 1. The summed E-state index contributed by atoms with van der Waals surface area (Å²) in [5.74, 6) is -0.880. The van der Waals surface area contributed by atoms with Gasteiger partial charge in [-0.3, -0.25) is 4.79 Å². The fourth-order valence-electron chi connectivity index (χ4n) is 1.24. The average Bonchev–Trinajstić information content (AvgIpc) is 2.34. The van der Waals surface area contributed by atoms with E-state index in [1.54, 1.807) is 0 Å².